The van der Waals surface area contributed by atoms with Crippen LogP contribution in [0.1, 0.15) is 40.7 Å². The maximum absolute atomic E-state index is 13.7. The first-order valence-electron chi connectivity index (χ1n) is 12.3. The molecule has 1 saturated heterocycles. The Hall–Kier alpha value is -3.81. The van der Waals surface area contributed by atoms with Crippen molar-refractivity contribution in [3.8, 4) is 5.69 Å². The Kier molecular flexibility index (Phi) is 6.93. The number of carbonyl (C=O) groups excluding carboxylic acids is 1. The molecule has 0 spiro atoms. The van der Waals surface area contributed by atoms with Crippen LogP contribution < -0.4 is 11.2 Å². The predicted octanol–water partition coefficient (Wildman–Crippen LogP) is 3.36. The molecular formula is C29H29N3O4. The van der Waals surface area contributed by atoms with Gasteiger partial charge in [-0.05, 0) is 61.3 Å². The van der Waals surface area contributed by atoms with Crippen molar-refractivity contribution < 1.29 is 9.90 Å². The van der Waals surface area contributed by atoms with E-state index in [0.717, 1.165) is 30.8 Å². The third kappa shape index (κ3) is 4.80. The van der Waals surface area contributed by atoms with E-state index in [1.165, 1.54) is 23.8 Å². The number of hydrogen-bond donors (Lipinski definition) is 1. The Bertz CT molecular complexity index is 1500. The molecule has 0 unspecified atom stereocenters. The molecule has 0 saturated carbocycles. The topological polar surface area (TPSA) is 84.5 Å². The highest BCUT2D eigenvalue weighted by atomic mass is 16.3. The molecule has 3 aromatic carbocycles. The Morgan fingerprint density at radius 3 is 2.11 bits per heavy atom. The van der Waals surface area contributed by atoms with Gasteiger partial charge in [0, 0.05) is 12.1 Å². The zero-order valence-electron chi connectivity index (χ0n) is 20.1. The number of aliphatic hydroxyl groups is 1. The summed E-state index contributed by atoms with van der Waals surface area (Å²) in [6.07, 6.45) is 3.74. The van der Waals surface area contributed by atoms with Crippen LogP contribution in [0.15, 0.2) is 82.4 Å². The van der Waals surface area contributed by atoms with Gasteiger partial charge in [-0.2, -0.15) is 0 Å². The van der Waals surface area contributed by atoms with Crippen LogP contribution >= 0.6 is 0 Å². The first kappa shape index (κ1) is 23.9. The minimum atomic E-state index is -0.550. The molecule has 0 radical (unpaired) electrons. The molecule has 1 aliphatic rings. The average molecular weight is 484 g/mol. The molecule has 0 amide bonds. The number of fused-ring (bicyclic) bond motifs is 1. The van der Waals surface area contributed by atoms with Gasteiger partial charge >= 0.3 is 5.69 Å². The van der Waals surface area contributed by atoms with Crippen LogP contribution in [0.25, 0.3) is 16.6 Å². The Morgan fingerprint density at radius 2 is 1.42 bits per heavy atom. The lowest BCUT2D eigenvalue weighted by atomic mass is 10.1. The lowest BCUT2D eigenvalue weighted by Crippen LogP contribution is -2.39. The number of Topliss-reactive ketones (excluding diaryl/α,β-unsaturated/α-hetero) is 1. The van der Waals surface area contributed by atoms with Gasteiger partial charge in [0.15, 0.2) is 5.78 Å². The van der Waals surface area contributed by atoms with Crippen molar-refractivity contribution in [1.82, 2.24) is 14.0 Å². The molecular weight excluding hydrogens is 454 g/mol. The minimum absolute atomic E-state index is 0.236. The van der Waals surface area contributed by atoms with Crippen molar-refractivity contribution in [2.45, 2.75) is 32.4 Å². The number of aliphatic hydroxyl groups excluding tert-OH is 1. The van der Waals surface area contributed by atoms with Crippen LogP contribution in [0.5, 0.6) is 0 Å². The van der Waals surface area contributed by atoms with E-state index in [1.807, 2.05) is 24.3 Å². The molecule has 7 heteroatoms. The molecule has 4 aromatic rings. The van der Waals surface area contributed by atoms with E-state index in [-0.39, 0.29) is 17.9 Å². The van der Waals surface area contributed by atoms with Crippen molar-refractivity contribution in [3.05, 3.63) is 110 Å². The smallest absolute Gasteiger partial charge is 0.336 e. The van der Waals surface area contributed by atoms with E-state index in [9.17, 15) is 14.4 Å². The molecule has 0 bridgehead atoms. The van der Waals surface area contributed by atoms with E-state index in [4.69, 9.17) is 5.11 Å². The lowest BCUT2D eigenvalue weighted by molar-refractivity contribution is 0.0903. The molecule has 7 nitrogen and oxygen atoms in total. The maximum Gasteiger partial charge on any atom is 0.336 e. The quantitative estimate of drug-likeness (QED) is 0.408. The van der Waals surface area contributed by atoms with Gasteiger partial charge in [0.1, 0.15) is 6.61 Å². The highest BCUT2D eigenvalue weighted by Gasteiger charge is 2.16. The molecule has 0 atom stereocenters. The Morgan fingerprint density at radius 1 is 0.778 bits per heavy atom. The number of nitrogens with zero attached hydrogens (tertiary/aromatic N) is 3. The predicted molar refractivity (Wildman–Crippen MR) is 140 cm³/mol. The Balaban J connectivity index is 1.52. The largest absolute Gasteiger partial charge is 0.388 e. The molecule has 184 valence electrons. The summed E-state index contributed by atoms with van der Waals surface area (Å²) < 4.78 is 2.82. The second kappa shape index (κ2) is 10.4. The number of aromatic nitrogens is 2. The first-order chi connectivity index (χ1) is 17.5. The molecule has 1 aromatic heterocycles. The van der Waals surface area contributed by atoms with Gasteiger partial charge in [-0.1, -0.05) is 55.0 Å². The highest BCUT2D eigenvalue weighted by Crippen LogP contribution is 2.16. The first-order valence-corrected chi connectivity index (χ1v) is 12.3. The molecule has 0 aliphatic carbocycles. The van der Waals surface area contributed by atoms with E-state index >= 15 is 0 Å². The summed E-state index contributed by atoms with van der Waals surface area (Å²) >= 11 is 0. The van der Waals surface area contributed by atoms with Crippen molar-refractivity contribution >= 4 is 16.7 Å². The monoisotopic (exact) mass is 483 g/mol. The van der Waals surface area contributed by atoms with Crippen LogP contribution in [0.3, 0.4) is 0 Å². The molecule has 1 fully saturated rings. The summed E-state index contributed by atoms with van der Waals surface area (Å²) in [4.78, 5) is 41.2. The van der Waals surface area contributed by atoms with Gasteiger partial charge in [0.25, 0.3) is 5.56 Å². The van der Waals surface area contributed by atoms with Crippen molar-refractivity contribution in [2.75, 3.05) is 19.7 Å². The molecule has 2 heterocycles. The number of hydrogen-bond acceptors (Lipinski definition) is 5. The zero-order chi connectivity index (χ0) is 25.1. The van der Waals surface area contributed by atoms with Crippen LogP contribution in [0.4, 0.5) is 0 Å². The number of carbonyl (C=O) groups is 1. The standard InChI is InChI=1S/C29H29N3O4/c33-20-27(34)23-12-8-22(9-13-23)19-31-26-7-3-2-6-25(26)28(35)32(29(31)36)24-14-10-21(11-15-24)18-30-16-4-1-5-17-30/h2-3,6-15,33H,1,4-5,16-20H2. The van der Waals surface area contributed by atoms with Crippen LogP contribution in [-0.4, -0.2) is 44.6 Å². The van der Waals surface area contributed by atoms with Crippen LogP contribution in [0.2, 0.25) is 0 Å². The second-order valence-electron chi connectivity index (χ2n) is 9.31. The maximum atomic E-state index is 13.7. The number of ketones is 1. The summed E-state index contributed by atoms with van der Waals surface area (Å²) in [5, 5.41) is 9.54. The van der Waals surface area contributed by atoms with E-state index in [0.29, 0.717) is 22.2 Å². The van der Waals surface area contributed by atoms with Gasteiger partial charge in [-0.15, -0.1) is 0 Å². The number of rotatable bonds is 7. The fraction of sp³-hybridized carbons (Fsp3) is 0.276. The normalized spacial score (nSPS) is 14.2. The fourth-order valence-corrected chi connectivity index (χ4v) is 4.90. The molecule has 1 N–H and O–H groups in total. The summed E-state index contributed by atoms with van der Waals surface area (Å²) in [6.45, 7) is 2.76. The molecule has 1 aliphatic heterocycles. The SMILES string of the molecule is O=C(CO)c1ccc(Cn2c(=O)n(-c3ccc(CN4CCCCC4)cc3)c(=O)c3ccccc32)cc1. The van der Waals surface area contributed by atoms with E-state index in [2.05, 4.69) is 4.90 Å². The fourth-order valence-electron chi connectivity index (χ4n) is 4.90. The average Bonchev–Trinajstić information content (AvgIpc) is 2.92. The Labute approximate surface area is 208 Å². The summed E-state index contributed by atoms with van der Waals surface area (Å²) in [7, 11) is 0. The van der Waals surface area contributed by atoms with Gasteiger partial charge in [0.2, 0.25) is 0 Å². The van der Waals surface area contributed by atoms with Crippen molar-refractivity contribution in [3.63, 3.8) is 0 Å². The number of piperidine rings is 1. The summed E-state index contributed by atoms with van der Waals surface area (Å²) in [5.74, 6) is -0.360. The van der Waals surface area contributed by atoms with Gasteiger partial charge in [-0.3, -0.25) is 19.1 Å². The third-order valence-corrected chi connectivity index (χ3v) is 6.86. The highest BCUT2D eigenvalue weighted by molar-refractivity contribution is 5.96. The number of benzene rings is 3. The van der Waals surface area contributed by atoms with Crippen LogP contribution in [0, 0.1) is 0 Å². The molecule has 5 rings (SSSR count). The van der Waals surface area contributed by atoms with Crippen molar-refractivity contribution in [2.24, 2.45) is 0 Å². The molecule has 36 heavy (non-hydrogen) atoms. The van der Waals surface area contributed by atoms with Gasteiger partial charge in [-0.25, -0.2) is 9.36 Å². The van der Waals surface area contributed by atoms with Gasteiger partial charge < -0.3 is 5.11 Å². The van der Waals surface area contributed by atoms with E-state index in [1.54, 1.807) is 53.1 Å². The van der Waals surface area contributed by atoms with E-state index < -0.39 is 12.3 Å². The van der Waals surface area contributed by atoms with Gasteiger partial charge in [0.05, 0.1) is 23.1 Å². The van der Waals surface area contributed by atoms with Crippen LogP contribution in [-0.2, 0) is 13.1 Å². The van der Waals surface area contributed by atoms with Crippen molar-refractivity contribution in [1.29, 1.82) is 0 Å². The minimum Gasteiger partial charge on any atom is -0.388 e. The third-order valence-electron chi connectivity index (χ3n) is 6.86. The number of para-hydroxylation sites is 1. The lowest BCUT2D eigenvalue weighted by Gasteiger charge is -2.26. The second-order valence-corrected chi connectivity index (χ2v) is 9.31. The number of likely N-dealkylation sites (tertiary alicyclic amines) is 1. The summed E-state index contributed by atoms with van der Waals surface area (Å²) in [5.41, 5.74) is 2.70. The summed E-state index contributed by atoms with van der Waals surface area (Å²) in [6, 6.07) is 21.6. The zero-order valence-corrected chi connectivity index (χ0v) is 20.1.